The highest BCUT2D eigenvalue weighted by Crippen LogP contribution is 2.28. The zero-order chi connectivity index (χ0) is 21.6. The average molecular weight is 418 g/mol. The van der Waals surface area contributed by atoms with Crippen molar-refractivity contribution in [1.82, 2.24) is 9.97 Å². The highest BCUT2D eigenvalue weighted by atomic mass is 19.4. The van der Waals surface area contributed by atoms with Crippen LogP contribution in [0.3, 0.4) is 0 Å². The Balaban J connectivity index is 1.86. The van der Waals surface area contributed by atoms with E-state index in [0.29, 0.717) is 23.6 Å². The Morgan fingerprint density at radius 3 is 2.47 bits per heavy atom. The number of rotatable bonds is 8. The van der Waals surface area contributed by atoms with E-state index in [2.05, 4.69) is 25.3 Å². The molecule has 0 bridgehead atoms. The van der Waals surface area contributed by atoms with Gasteiger partial charge in [0.25, 0.3) is 0 Å². The smallest absolute Gasteiger partial charge is 0.406 e. The molecule has 0 unspecified atom stereocenters. The Kier molecular flexibility index (Phi) is 6.73. The predicted molar refractivity (Wildman–Crippen MR) is 108 cm³/mol. The number of ether oxygens (including phenoxy) is 1. The maximum Gasteiger partial charge on any atom is 0.573 e. The first-order valence-electron chi connectivity index (χ1n) is 9.22. The molecule has 9 heteroatoms. The molecule has 0 aliphatic rings. The van der Waals surface area contributed by atoms with Crippen molar-refractivity contribution in [2.45, 2.75) is 19.8 Å². The van der Waals surface area contributed by atoms with Gasteiger partial charge in [-0.1, -0.05) is 42.0 Å². The fraction of sp³-hybridized carbons (Fsp3) is 0.238. The Morgan fingerprint density at radius 2 is 1.77 bits per heavy atom. The zero-order valence-electron chi connectivity index (χ0n) is 16.2. The molecule has 0 aliphatic heterocycles. The third kappa shape index (κ3) is 6.35. The molecule has 0 fully saturated rings. The number of hydrogen-bond acceptors (Lipinski definition) is 6. The Bertz CT molecular complexity index is 979. The predicted octanol–water partition coefficient (Wildman–Crippen LogP) is 4.37. The van der Waals surface area contributed by atoms with Crippen LogP contribution >= 0.6 is 0 Å². The summed E-state index contributed by atoms with van der Waals surface area (Å²) < 4.78 is 41.6. The van der Waals surface area contributed by atoms with E-state index >= 15 is 0 Å². The number of aryl methyl sites for hydroxylation is 1. The normalized spacial score (nSPS) is 11.2. The van der Waals surface area contributed by atoms with Crippen molar-refractivity contribution >= 4 is 11.8 Å². The van der Waals surface area contributed by atoms with Crippen LogP contribution in [-0.4, -0.2) is 34.6 Å². The number of aromatic nitrogens is 2. The first-order chi connectivity index (χ1) is 14.3. The van der Waals surface area contributed by atoms with Gasteiger partial charge in [-0.15, -0.1) is 13.2 Å². The minimum Gasteiger partial charge on any atom is -0.406 e. The average Bonchev–Trinajstić information content (AvgIpc) is 2.71. The molecule has 0 atom stereocenters. The van der Waals surface area contributed by atoms with E-state index in [1.54, 1.807) is 12.1 Å². The number of benzene rings is 2. The third-order valence-electron chi connectivity index (χ3n) is 4.08. The fourth-order valence-electron chi connectivity index (χ4n) is 2.68. The number of nitrogens with one attached hydrogen (secondary N) is 2. The summed E-state index contributed by atoms with van der Waals surface area (Å²) in [5.41, 5.74) is 3.04. The van der Waals surface area contributed by atoms with Crippen molar-refractivity contribution < 1.29 is 23.0 Å². The molecule has 2 aromatic carbocycles. The molecule has 0 spiro atoms. The molecule has 1 aromatic heterocycles. The monoisotopic (exact) mass is 418 g/mol. The molecule has 30 heavy (non-hydrogen) atoms. The molecule has 3 N–H and O–H groups in total. The van der Waals surface area contributed by atoms with Gasteiger partial charge in [0.05, 0.1) is 12.3 Å². The van der Waals surface area contributed by atoms with Gasteiger partial charge in [-0.25, -0.2) is 4.98 Å². The minimum atomic E-state index is -4.78. The van der Waals surface area contributed by atoms with Gasteiger partial charge in [0.15, 0.2) is 0 Å². The van der Waals surface area contributed by atoms with E-state index in [9.17, 15) is 13.2 Å². The van der Waals surface area contributed by atoms with Crippen LogP contribution in [0.2, 0.25) is 0 Å². The second-order valence-corrected chi connectivity index (χ2v) is 6.53. The molecule has 158 valence electrons. The first kappa shape index (κ1) is 21.4. The van der Waals surface area contributed by atoms with E-state index < -0.39 is 6.36 Å². The largest absolute Gasteiger partial charge is 0.573 e. The van der Waals surface area contributed by atoms with Gasteiger partial charge in [-0.2, -0.15) is 4.98 Å². The quantitative estimate of drug-likeness (QED) is 0.504. The number of alkyl halides is 3. The summed E-state index contributed by atoms with van der Waals surface area (Å²) in [6.45, 7) is 2.63. The van der Waals surface area contributed by atoms with E-state index in [1.807, 2.05) is 31.2 Å². The minimum absolute atomic E-state index is 0.116. The van der Waals surface area contributed by atoms with Gasteiger partial charge in [0, 0.05) is 24.7 Å². The van der Waals surface area contributed by atoms with Crippen molar-refractivity contribution in [2.75, 3.05) is 23.8 Å². The summed E-state index contributed by atoms with van der Waals surface area (Å²) in [6, 6.07) is 15.2. The van der Waals surface area contributed by atoms with Crippen LogP contribution in [0.15, 0.2) is 54.6 Å². The molecule has 1 heterocycles. The van der Waals surface area contributed by atoms with Gasteiger partial charge in [0.1, 0.15) is 11.6 Å². The van der Waals surface area contributed by atoms with Crippen molar-refractivity contribution in [3.05, 3.63) is 65.7 Å². The van der Waals surface area contributed by atoms with Crippen LogP contribution in [0.25, 0.3) is 11.3 Å². The van der Waals surface area contributed by atoms with Crippen LogP contribution in [0.4, 0.5) is 24.9 Å². The summed E-state index contributed by atoms with van der Waals surface area (Å²) in [7, 11) is 0. The lowest BCUT2D eigenvalue weighted by Crippen LogP contribution is -2.17. The zero-order valence-corrected chi connectivity index (χ0v) is 16.2. The van der Waals surface area contributed by atoms with Crippen molar-refractivity contribution in [3.63, 3.8) is 0 Å². The number of aliphatic hydroxyl groups excluding tert-OH is 1. The van der Waals surface area contributed by atoms with Gasteiger partial charge in [-0.3, -0.25) is 0 Å². The Hall–Kier alpha value is -3.33. The maximum atomic E-state index is 12.5. The topological polar surface area (TPSA) is 79.3 Å². The van der Waals surface area contributed by atoms with Gasteiger partial charge in [-0.05, 0) is 24.6 Å². The van der Waals surface area contributed by atoms with Crippen LogP contribution < -0.4 is 15.4 Å². The summed E-state index contributed by atoms with van der Waals surface area (Å²) in [5, 5.41) is 15.1. The molecule has 6 nitrogen and oxygen atoms in total. The number of aliphatic hydroxyl groups is 1. The first-order valence-corrected chi connectivity index (χ1v) is 9.22. The van der Waals surface area contributed by atoms with Gasteiger partial charge < -0.3 is 20.5 Å². The van der Waals surface area contributed by atoms with Gasteiger partial charge >= 0.3 is 6.36 Å². The van der Waals surface area contributed by atoms with E-state index in [-0.39, 0.29) is 24.8 Å². The second kappa shape index (κ2) is 9.45. The lowest BCUT2D eigenvalue weighted by Gasteiger charge is -2.13. The molecule has 0 amide bonds. The molecule has 0 radical (unpaired) electrons. The maximum absolute atomic E-state index is 12.5. The second-order valence-electron chi connectivity index (χ2n) is 6.53. The Morgan fingerprint density at radius 1 is 1.00 bits per heavy atom. The number of nitrogens with zero attached hydrogens (tertiary/aromatic N) is 2. The van der Waals surface area contributed by atoms with E-state index in [0.717, 1.165) is 11.1 Å². The van der Waals surface area contributed by atoms with Crippen LogP contribution in [-0.2, 0) is 6.54 Å². The summed E-state index contributed by atoms with van der Waals surface area (Å²) in [4.78, 5) is 8.69. The molecule has 3 aromatic rings. The molecule has 0 aliphatic carbocycles. The molecule has 0 saturated heterocycles. The van der Waals surface area contributed by atoms with Gasteiger partial charge in [0.2, 0.25) is 5.95 Å². The SMILES string of the molecule is Cc1ccc(CNc2cc(-c3cccc(OC(F)(F)F)c3)nc(NCCO)n2)cc1. The van der Waals surface area contributed by atoms with Crippen LogP contribution in [0.5, 0.6) is 5.75 Å². The Labute approximate surface area is 171 Å². The lowest BCUT2D eigenvalue weighted by molar-refractivity contribution is -0.274. The molecular formula is C21H21F3N4O2. The highest BCUT2D eigenvalue weighted by molar-refractivity contribution is 5.66. The third-order valence-corrected chi connectivity index (χ3v) is 4.08. The summed E-state index contributed by atoms with van der Waals surface area (Å²) >= 11 is 0. The summed E-state index contributed by atoms with van der Waals surface area (Å²) in [6.07, 6.45) is -4.78. The standard InChI is InChI=1S/C21H21F3N4O2/c1-14-5-7-15(8-6-14)13-26-19-12-18(27-20(28-19)25-9-10-29)16-3-2-4-17(11-16)30-21(22,23)24/h2-8,11-12,29H,9-10,13H2,1H3,(H2,25,26,27,28). The molecular weight excluding hydrogens is 397 g/mol. The van der Waals surface area contributed by atoms with Crippen molar-refractivity contribution in [3.8, 4) is 17.0 Å². The number of anilines is 2. The van der Waals surface area contributed by atoms with Crippen molar-refractivity contribution in [1.29, 1.82) is 0 Å². The van der Waals surface area contributed by atoms with Crippen LogP contribution in [0, 0.1) is 6.92 Å². The fourth-order valence-corrected chi connectivity index (χ4v) is 2.68. The summed E-state index contributed by atoms with van der Waals surface area (Å²) in [5.74, 6) is 0.399. The highest BCUT2D eigenvalue weighted by Gasteiger charge is 2.31. The van der Waals surface area contributed by atoms with Crippen LogP contribution in [0.1, 0.15) is 11.1 Å². The molecule has 0 saturated carbocycles. The lowest BCUT2D eigenvalue weighted by atomic mass is 10.1. The molecule has 3 rings (SSSR count). The van der Waals surface area contributed by atoms with E-state index in [4.69, 9.17) is 5.11 Å². The number of halogens is 3. The number of hydrogen-bond donors (Lipinski definition) is 3. The van der Waals surface area contributed by atoms with E-state index in [1.165, 1.54) is 18.2 Å². The van der Waals surface area contributed by atoms with Crippen molar-refractivity contribution in [2.24, 2.45) is 0 Å².